The summed E-state index contributed by atoms with van der Waals surface area (Å²) in [6, 6.07) is 7.46. The van der Waals surface area contributed by atoms with Crippen LogP contribution < -0.4 is 14.8 Å². The lowest BCUT2D eigenvalue weighted by atomic mass is 10.1. The van der Waals surface area contributed by atoms with Crippen LogP contribution >= 0.6 is 0 Å². The van der Waals surface area contributed by atoms with Gasteiger partial charge in [0.2, 0.25) is 0 Å². The summed E-state index contributed by atoms with van der Waals surface area (Å²) in [5.41, 5.74) is 4.01. The summed E-state index contributed by atoms with van der Waals surface area (Å²) in [5, 5.41) is 8.28. The van der Waals surface area contributed by atoms with Gasteiger partial charge >= 0.3 is 0 Å². The Kier molecular flexibility index (Phi) is 4.66. The molecule has 4 rings (SSSR count). The summed E-state index contributed by atoms with van der Waals surface area (Å²) in [6.45, 7) is 2.24. The van der Waals surface area contributed by atoms with Crippen LogP contribution in [0.25, 0.3) is 11.0 Å². The van der Waals surface area contributed by atoms with Crippen LogP contribution in [0.4, 0.5) is 0 Å². The molecule has 2 aromatic heterocycles. The van der Waals surface area contributed by atoms with Gasteiger partial charge < -0.3 is 14.8 Å². The number of aryl methyl sites for hydroxylation is 2. The normalized spacial score (nSPS) is 13.6. The fraction of sp³-hybridized carbons (Fsp3) is 0.381. The van der Waals surface area contributed by atoms with E-state index in [4.69, 9.17) is 14.5 Å². The number of amides is 1. The molecule has 0 saturated heterocycles. The number of carbonyl (C=O) groups is 1. The van der Waals surface area contributed by atoms with E-state index in [-0.39, 0.29) is 5.91 Å². The molecule has 28 heavy (non-hydrogen) atoms. The number of benzene rings is 1. The number of carbonyl (C=O) groups excluding carboxylic acids is 1. The van der Waals surface area contributed by atoms with E-state index in [0.29, 0.717) is 23.8 Å². The van der Waals surface area contributed by atoms with Crippen molar-refractivity contribution in [3.63, 3.8) is 0 Å². The minimum atomic E-state index is -0.143. The van der Waals surface area contributed by atoms with E-state index in [1.165, 1.54) is 0 Å². The van der Waals surface area contributed by atoms with Crippen LogP contribution in [-0.2, 0) is 13.6 Å². The van der Waals surface area contributed by atoms with Crippen molar-refractivity contribution in [2.24, 2.45) is 7.05 Å². The zero-order valence-corrected chi connectivity index (χ0v) is 16.6. The van der Waals surface area contributed by atoms with Crippen LogP contribution in [0, 0.1) is 6.92 Å². The van der Waals surface area contributed by atoms with Crippen LogP contribution in [0.15, 0.2) is 24.3 Å². The van der Waals surface area contributed by atoms with Gasteiger partial charge in [-0.05, 0) is 44.0 Å². The maximum absolute atomic E-state index is 13.1. The van der Waals surface area contributed by atoms with Crippen molar-refractivity contribution >= 4 is 16.9 Å². The van der Waals surface area contributed by atoms with E-state index >= 15 is 0 Å². The number of methoxy groups -OCH3 is 2. The maximum atomic E-state index is 13.1. The van der Waals surface area contributed by atoms with Gasteiger partial charge in [-0.2, -0.15) is 5.10 Å². The summed E-state index contributed by atoms with van der Waals surface area (Å²) in [6.07, 6.45) is 2.24. The molecule has 1 N–H and O–H groups in total. The van der Waals surface area contributed by atoms with Crippen molar-refractivity contribution in [2.45, 2.75) is 32.2 Å². The van der Waals surface area contributed by atoms with E-state index in [9.17, 15) is 4.79 Å². The molecule has 1 aliphatic carbocycles. The Morgan fingerprint density at radius 1 is 1.25 bits per heavy atom. The third-order valence-electron chi connectivity index (χ3n) is 5.16. The predicted octanol–water partition coefficient (Wildman–Crippen LogP) is 3.10. The average molecular weight is 380 g/mol. The molecule has 0 spiro atoms. The summed E-state index contributed by atoms with van der Waals surface area (Å²) in [5.74, 6) is 1.73. The van der Waals surface area contributed by atoms with Crippen molar-refractivity contribution in [2.75, 3.05) is 14.2 Å². The summed E-state index contributed by atoms with van der Waals surface area (Å²) >= 11 is 0. The minimum Gasteiger partial charge on any atom is -0.497 e. The van der Waals surface area contributed by atoms with Crippen LogP contribution in [-0.4, -0.2) is 34.9 Å². The fourth-order valence-electron chi connectivity index (χ4n) is 3.52. The Labute approximate surface area is 163 Å². The monoisotopic (exact) mass is 380 g/mol. The Morgan fingerprint density at radius 2 is 2.04 bits per heavy atom. The second-order valence-corrected chi connectivity index (χ2v) is 7.14. The van der Waals surface area contributed by atoms with Crippen molar-refractivity contribution in [1.82, 2.24) is 20.1 Å². The molecule has 1 aromatic carbocycles. The van der Waals surface area contributed by atoms with Gasteiger partial charge in [-0.3, -0.25) is 9.48 Å². The van der Waals surface area contributed by atoms with E-state index in [1.807, 2.05) is 38.2 Å². The molecule has 0 unspecified atom stereocenters. The molecule has 7 heteroatoms. The van der Waals surface area contributed by atoms with Crippen LogP contribution in [0.3, 0.4) is 0 Å². The van der Waals surface area contributed by atoms with Crippen LogP contribution in [0.1, 0.15) is 46.1 Å². The highest BCUT2D eigenvalue weighted by atomic mass is 16.5. The highest BCUT2D eigenvalue weighted by Gasteiger charge is 2.28. The number of nitrogens with zero attached hydrogens (tertiary/aromatic N) is 3. The average Bonchev–Trinajstić information content (AvgIpc) is 3.51. The maximum Gasteiger partial charge on any atom is 0.252 e. The lowest BCUT2D eigenvalue weighted by Crippen LogP contribution is -2.24. The topological polar surface area (TPSA) is 78.3 Å². The van der Waals surface area contributed by atoms with Crippen LogP contribution in [0.5, 0.6) is 11.5 Å². The second kappa shape index (κ2) is 7.14. The second-order valence-electron chi connectivity index (χ2n) is 7.14. The van der Waals surface area contributed by atoms with Gasteiger partial charge in [0.05, 0.1) is 30.9 Å². The van der Waals surface area contributed by atoms with E-state index < -0.39 is 0 Å². The van der Waals surface area contributed by atoms with Crippen molar-refractivity contribution < 1.29 is 14.3 Å². The smallest absolute Gasteiger partial charge is 0.252 e. The Morgan fingerprint density at radius 3 is 2.71 bits per heavy atom. The third-order valence-corrected chi connectivity index (χ3v) is 5.16. The number of rotatable bonds is 6. The Bertz CT molecular complexity index is 1050. The number of ether oxygens (including phenoxy) is 2. The van der Waals surface area contributed by atoms with Crippen molar-refractivity contribution in [3.05, 3.63) is 46.8 Å². The lowest BCUT2D eigenvalue weighted by molar-refractivity contribution is 0.0952. The molecule has 3 aromatic rings. The molecular weight excluding hydrogens is 356 g/mol. The van der Waals surface area contributed by atoms with Gasteiger partial charge in [0, 0.05) is 30.8 Å². The van der Waals surface area contributed by atoms with E-state index in [0.717, 1.165) is 46.6 Å². The zero-order valence-electron chi connectivity index (χ0n) is 16.6. The number of fused-ring (bicyclic) bond motifs is 1. The number of hydrogen-bond acceptors (Lipinski definition) is 5. The molecule has 2 heterocycles. The molecule has 1 saturated carbocycles. The van der Waals surface area contributed by atoms with E-state index in [2.05, 4.69) is 10.4 Å². The molecule has 0 aliphatic heterocycles. The summed E-state index contributed by atoms with van der Waals surface area (Å²) in [4.78, 5) is 17.8. The van der Waals surface area contributed by atoms with Gasteiger partial charge in [0.25, 0.3) is 5.91 Å². The highest BCUT2D eigenvalue weighted by molar-refractivity contribution is 6.06. The first kappa shape index (κ1) is 18.3. The summed E-state index contributed by atoms with van der Waals surface area (Å²) < 4.78 is 12.4. The zero-order chi connectivity index (χ0) is 19.8. The first-order valence-electron chi connectivity index (χ1n) is 9.35. The van der Waals surface area contributed by atoms with Gasteiger partial charge in [-0.25, -0.2) is 4.98 Å². The quantitative estimate of drug-likeness (QED) is 0.711. The highest BCUT2D eigenvalue weighted by Crippen LogP contribution is 2.40. The van der Waals surface area contributed by atoms with Crippen LogP contribution in [0.2, 0.25) is 0 Å². The lowest BCUT2D eigenvalue weighted by Gasteiger charge is -2.12. The number of pyridine rings is 1. The SMILES string of the molecule is COc1ccc(OC)c(CNC(=O)c2cc(C3CC3)nc3c2c(C)nn3C)c1. The molecule has 7 nitrogen and oxygen atoms in total. The molecule has 1 fully saturated rings. The Balaban J connectivity index is 1.66. The summed E-state index contributed by atoms with van der Waals surface area (Å²) in [7, 11) is 5.09. The fourth-order valence-corrected chi connectivity index (χ4v) is 3.52. The number of aromatic nitrogens is 3. The minimum absolute atomic E-state index is 0.143. The van der Waals surface area contributed by atoms with E-state index in [1.54, 1.807) is 18.9 Å². The molecule has 146 valence electrons. The first-order valence-corrected chi connectivity index (χ1v) is 9.35. The molecular formula is C21H24N4O3. The van der Waals surface area contributed by atoms with Crippen molar-refractivity contribution in [3.8, 4) is 11.5 Å². The predicted molar refractivity (Wildman–Crippen MR) is 106 cm³/mol. The van der Waals surface area contributed by atoms with Crippen molar-refractivity contribution in [1.29, 1.82) is 0 Å². The number of hydrogen-bond donors (Lipinski definition) is 1. The van der Waals surface area contributed by atoms with Gasteiger partial charge in [0.15, 0.2) is 5.65 Å². The molecule has 0 radical (unpaired) electrons. The first-order chi connectivity index (χ1) is 13.5. The molecule has 0 atom stereocenters. The molecule has 1 aliphatic rings. The Hall–Kier alpha value is -3.09. The standard InChI is InChI=1S/C21H24N4O3/c1-12-19-16(10-17(13-5-6-13)23-20(19)25(2)24-12)21(26)22-11-14-9-15(27-3)7-8-18(14)28-4/h7-10,13H,5-6,11H2,1-4H3,(H,22,26). The van der Waals surface area contributed by atoms with Gasteiger partial charge in [-0.15, -0.1) is 0 Å². The number of nitrogens with one attached hydrogen (secondary N) is 1. The third kappa shape index (κ3) is 3.28. The largest absolute Gasteiger partial charge is 0.497 e. The van der Waals surface area contributed by atoms with Gasteiger partial charge in [-0.1, -0.05) is 0 Å². The molecule has 1 amide bonds. The molecule has 0 bridgehead atoms. The van der Waals surface area contributed by atoms with Gasteiger partial charge in [0.1, 0.15) is 11.5 Å².